The third-order valence-electron chi connectivity index (χ3n) is 4.08. The number of non-ortho nitro benzene ring substituents is 1. The monoisotopic (exact) mass is 447 g/mol. The van der Waals surface area contributed by atoms with Crippen LogP contribution in [0.25, 0.3) is 0 Å². The van der Waals surface area contributed by atoms with Crippen LogP contribution in [0, 0.1) is 17.0 Å². The molecule has 0 saturated carbocycles. The average molecular weight is 447 g/mol. The average Bonchev–Trinajstić information content (AvgIpc) is 2.70. The lowest BCUT2D eigenvalue weighted by atomic mass is 10.2. The zero-order valence-electron chi connectivity index (χ0n) is 15.6. The maximum Gasteiger partial charge on any atom is 0.269 e. The minimum atomic E-state index is -3.99. The molecule has 2 N–H and O–H groups in total. The minimum Gasteiger partial charge on any atom is -0.280 e. The highest BCUT2D eigenvalue weighted by Gasteiger charge is 2.18. The van der Waals surface area contributed by atoms with Crippen molar-refractivity contribution in [3.63, 3.8) is 0 Å². The van der Waals surface area contributed by atoms with Crippen molar-refractivity contribution in [1.82, 2.24) is 0 Å². The van der Waals surface area contributed by atoms with Crippen molar-refractivity contribution >= 4 is 37.1 Å². The lowest BCUT2D eigenvalue weighted by Gasteiger charge is -2.11. The van der Waals surface area contributed by atoms with E-state index in [4.69, 9.17) is 0 Å². The molecule has 0 aliphatic rings. The third-order valence-corrected chi connectivity index (χ3v) is 6.87. The quantitative estimate of drug-likeness (QED) is 0.420. The Morgan fingerprint density at radius 2 is 1.03 bits per heavy atom. The molecule has 0 aromatic heterocycles. The number of sulfonamides is 2. The second kappa shape index (κ2) is 8.13. The van der Waals surface area contributed by atoms with Crippen LogP contribution in [-0.4, -0.2) is 21.8 Å². The first-order chi connectivity index (χ1) is 14.1. The van der Waals surface area contributed by atoms with E-state index in [0.29, 0.717) is 5.69 Å². The van der Waals surface area contributed by atoms with E-state index in [0.717, 1.165) is 29.8 Å². The fraction of sp³-hybridized carbons (Fsp3) is 0.0526. The van der Waals surface area contributed by atoms with Gasteiger partial charge in [-0.25, -0.2) is 16.8 Å². The van der Waals surface area contributed by atoms with Crippen LogP contribution in [0.2, 0.25) is 0 Å². The first-order valence-electron chi connectivity index (χ1n) is 8.54. The smallest absolute Gasteiger partial charge is 0.269 e. The molecule has 0 radical (unpaired) electrons. The van der Waals surface area contributed by atoms with Gasteiger partial charge in [-0.1, -0.05) is 17.7 Å². The molecule has 0 spiro atoms. The number of benzene rings is 3. The standard InChI is InChI=1S/C19H17N3O6S2/c1-14-2-4-15(5-3-14)20-29(25,26)18-10-6-16(7-11-18)21-30(27,28)19-12-8-17(9-13-19)22(23)24/h2-13,20-21H,1H3. The van der Waals surface area contributed by atoms with Crippen LogP contribution in [0.15, 0.2) is 82.6 Å². The molecule has 0 unspecified atom stereocenters. The first-order valence-corrected chi connectivity index (χ1v) is 11.5. The van der Waals surface area contributed by atoms with Gasteiger partial charge in [0, 0.05) is 23.5 Å². The predicted octanol–water partition coefficient (Wildman–Crippen LogP) is 3.50. The molecule has 0 atom stereocenters. The first kappa shape index (κ1) is 21.3. The van der Waals surface area contributed by atoms with Gasteiger partial charge in [-0.05, 0) is 55.5 Å². The van der Waals surface area contributed by atoms with Gasteiger partial charge < -0.3 is 0 Å². The Morgan fingerprint density at radius 1 is 0.667 bits per heavy atom. The van der Waals surface area contributed by atoms with Gasteiger partial charge in [0.2, 0.25) is 0 Å². The number of nitrogens with one attached hydrogen (secondary N) is 2. The van der Waals surface area contributed by atoms with Crippen molar-refractivity contribution in [2.24, 2.45) is 0 Å². The summed E-state index contributed by atoms with van der Waals surface area (Å²) in [6, 6.07) is 16.4. The molecule has 0 aliphatic carbocycles. The van der Waals surface area contributed by atoms with Crippen LogP contribution in [0.3, 0.4) is 0 Å². The number of anilines is 2. The zero-order chi connectivity index (χ0) is 21.9. The topological polar surface area (TPSA) is 135 Å². The van der Waals surface area contributed by atoms with E-state index in [2.05, 4.69) is 9.44 Å². The van der Waals surface area contributed by atoms with Gasteiger partial charge in [0.25, 0.3) is 25.7 Å². The number of rotatable bonds is 7. The van der Waals surface area contributed by atoms with Gasteiger partial charge in [0.15, 0.2) is 0 Å². The van der Waals surface area contributed by atoms with E-state index in [1.165, 1.54) is 24.3 Å². The zero-order valence-corrected chi connectivity index (χ0v) is 17.3. The van der Waals surface area contributed by atoms with E-state index in [9.17, 15) is 26.9 Å². The second-order valence-corrected chi connectivity index (χ2v) is 9.72. The summed E-state index contributed by atoms with van der Waals surface area (Å²) < 4.78 is 54.6. The summed E-state index contributed by atoms with van der Waals surface area (Å²) in [7, 11) is -7.84. The summed E-state index contributed by atoms with van der Waals surface area (Å²) >= 11 is 0. The largest absolute Gasteiger partial charge is 0.280 e. The molecule has 0 fully saturated rings. The van der Waals surface area contributed by atoms with E-state index >= 15 is 0 Å². The lowest BCUT2D eigenvalue weighted by Crippen LogP contribution is -2.14. The highest BCUT2D eigenvalue weighted by molar-refractivity contribution is 7.93. The summed E-state index contributed by atoms with van der Waals surface area (Å²) in [6.07, 6.45) is 0. The van der Waals surface area contributed by atoms with Crippen molar-refractivity contribution < 1.29 is 21.8 Å². The Labute approximate surface area is 173 Å². The lowest BCUT2D eigenvalue weighted by molar-refractivity contribution is -0.384. The Morgan fingerprint density at radius 3 is 1.43 bits per heavy atom. The van der Waals surface area contributed by atoms with Gasteiger partial charge >= 0.3 is 0 Å². The number of nitrogens with zero attached hydrogens (tertiary/aromatic N) is 1. The van der Waals surface area contributed by atoms with Crippen molar-refractivity contribution in [2.75, 3.05) is 9.44 Å². The van der Waals surface area contributed by atoms with Crippen molar-refractivity contribution in [3.05, 3.63) is 88.5 Å². The van der Waals surface area contributed by atoms with Gasteiger partial charge in [-0.3, -0.25) is 19.6 Å². The molecule has 9 nitrogen and oxygen atoms in total. The fourth-order valence-corrected chi connectivity index (χ4v) is 4.62. The van der Waals surface area contributed by atoms with Crippen LogP contribution in [-0.2, 0) is 20.0 Å². The Kier molecular flexibility index (Phi) is 5.76. The molecule has 0 saturated heterocycles. The summed E-state index contributed by atoms with van der Waals surface area (Å²) in [5.41, 5.74) is 1.30. The van der Waals surface area contributed by atoms with Gasteiger partial charge in [-0.2, -0.15) is 0 Å². The SMILES string of the molecule is Cc1ccc(NS(=O)(=O)c2ccc(NS(=O)(=O)c3ccc([N+](=O)[O-])cc3)cc2)cc1. The normalized spacial score (nSPS) is 11.6. The highest BCUT2D eigenvalue weighted by Crippen LogP contribution is 2.22. The predicted molar refractivity (Wildman–Crippen MR) is 112 cm³/mol. The summed E-state index contributed by atoms with van der Waals surface area (Å²) in [5.74, 6) is 0. The molecule has 3 aromatic carbocycles. The number of hydrogen-bond acceptors (Lipinski definition) is 6. The maximum absolute atomic E-state index is 12.5. The van der Waals surface area contributed by atoms with E-state index < -0.39 is 25.0 Å². The molecular weight excluding hydrogens is 430 g/mol. The molecule has 0 heterocycles. The van der Waals surface area contributed by atoms with Crippen LogP contribution in [0.5, 0.6) is 0 Å². The molecule has 156 valence electrons. The van der Waals surface area contributed by atoms with Crippen LogP contribution in [0.1, 0.15) is 5.56 Å². The maximum atomic E-state index is 12.5. The molecule has 3 aromatic rings. The highest BCUT2D eigenvalue weighted by atomic mass is 32.2. The van der Waals surface area contributed by atoms with E-state index in [1.807, 2.05) is 6.92 Å². The Balaban J connectivity index is 1.76. The van der Waals surface area contributed by atoms with E-state index in [1.54, 1.807) is 24.3 Å². The van der Waals surface area contributed by atoms with Crippen LogP contribution >= 0.6 is 0 Å². The molecule has 0 bridgehead atoms. The molecule has 0 amide bonds. The van der Waals surface area contributed by atoms with Crippen LogP contribution in [0.4, 0.5) is 17.1 Å². The summed E-state index contributed by atoms with van der Waals surface area (Å²) in [4.78, 5) is 9.85. The van der Waals surface area contributed by atoms with E-state index in [-0.39, 0.29) is 21.2 Å². The number of hydrogen-bond donors (Lipinski definition) is 2. The Bertz CT molecular complexity index is 1270. The summed E-state index contributed by atoms with van der Waals surface area (Å²) in [6.45, 7) is 1.88. The van der Waals surface area contributed by atoms with Gasteiger partial charge in [-0.15, -0.1) is 0 Å². The number of nitro groups is 1. The molecule has 11 heteroatoms. The molecule has 0 aliphatic heterocycles. The van der Waals surface area contributed by atoms with Crippen LogP contribution < -0.4 is 9.44 Å². The van der Waals surface area contributed by atoms with Crippen molar-refractivity contribution in [3.8, 4) is 0 Å². The molecular formula is C19H17N3O6S2. The van der Waals surface area contributed by atoms with Crippen molar-refractivity contribution in [1.29, 1.82) is 0 Å². The van der Waals surface area contributed by atoms with Gasteiger partial charge in [0.1, 0.15) is 0 Å². The second-order valence-electron chi connectivity index (χ2n) is 6.35. The fourth-order valence-electron chi connectivity index (χ4n) is 2.50. The minimum absolute atomic E-state index is 0.0404. The number of nitro benzene ring substituents is 1. The summed E-state index contributed by atoms with van der Waals surface area (Å²) in [5, 5.41) is 10.7. The Hall–Kier alpha value is -3.44. The van der Waals surface area contributed by atoms with Crippen molar-refractivity contribution in [2.45, 2.75) is 16.7 Å². The molecule has 3 rings (SSSR count). The number of aryl methyl sites for hydroxylation is 1. The third kappa shape index (κ3) is 4.93. The van der Waals surface area contributed by atoms with Gasteiger partial charge in [0.05, 0.1) is 14.7 Å². The molecule has 30 heavy (non-hydrogen) atoms.